The van der Waals surface area contributed by atoms with Crippen LogP contribution in [0.1, 0.15) is 6.92 Å². The van der Waals surface area contributed by atoms with Gasteiger partial charge in [-0.1, -0.05) is 13.0 Å². The third kappa shape index (κ3) is 3.96. The van der Waals surface area contributed by atoms with Gasteiger partial charge in [-0.2, -0.15) is 0 Å². The molecule has 1 unspecified atom stereocenters. The highest BCUT2D eigenvalue weighted by Gasteiger charge is 2.38. The van der Waals surface area contributed by atoms with Gasteiger partial charge in [-0.15, -0.1) is 6.58 Å². The van der Waals surface area contributed by atoms with Gasteiger partial charge in [0.25, 0.3) is 0 Å². The van der Waals surface area contributed by atoms with E-state index < -0.39 is 11.9 Å². The molecule has 1 aliphatic heterocycles. The second-order valence-corrected chi connectivity index (χ2v) is 4.80. The van der Waals surface area contributed by atoms with Gasteiger partial charge in [0.1, 0.15) is 0 Å². The largest absolute Gasteiger partial charge is 0.481 e. The summed E-state index contributed by atoms with van der Waals surface area (Å²) in [5.41, 5.74) is 0. The molecule has 2 amide bonds. The number of aliphatic carboxylic acids is 1. The molecule has 1 rings (SSSR count). The molecule has 1 atom stereocenters. The van der Waals surface area contributed by atoms with E-state index in [0.717, 1.165) is 0 Å². The molecule has 0 aromatic heterocycles. The average molecular weight is 270 g/mol. The van der Waals surface area contributed by atoms with Crippen LogP contribution in [-0.4, -0.2) is 66.8 Å². The zero-order valence-electron chi connectivity index (χ0n) is 11.5. The standard InChI is InChI=1S/C13H22N2O4/c1-4-5-14(6-7-19-3)13(18)15-8-11(9-15)10(2)12(16)17/h4,10-11H,1,5-9H2,2-3H3,(H,16,17). The summed E-state index contributed by atoms with van der Waals surface area (Å²) in [7, 11) is 1.59. The van der Waals surface area contributed by atoms with Gasteiger partial charge in [0, 0.05) is 39.2 Å². The molecular formula is C13H22N2O4. The Morgan fingerprint density at radius 2 is 2.21 bits per heavy atom. The van der Waals surface area contributed by atoms with Gasteiger partial charge in [-0.3, -0.25) is 4.79 Å². The van der Waals surface area contributed by atoms with Crippen molar-refractivity contribution in [3.05, 3.63) is 12.7 Å². The zero-order chi connectivity index (χ0) is 14.4. The highest BCUT2D eigenvalue weighted by molar-refractivity contribution is 5.76. The molecule has 0 bridgehead atoms. The summed E-state index contributed by atoms with van der Waals surface area (Å²) in [6.07, 6.45) is 1.67. The van der Waals surface area contributed by atoms with Crippen molar-refractivity contribution in [2.45, 2.75) is 6.92 Å². The Morgan fingerprint density at radius 1 is 1.58 bits per heavy atom. The van der Waals surface area contributed by atoms with Gasteiger partial charge < -0.3 is 19.6 Å². The molecule has 6 heteroatoms. The minimum atomic E-state index is -0.806. The highest BCUT2D eigenvalue weighted by atomic mass is 16.5. The number of urea groups is 1. The van der Waals surface area contributed by atoms with Crippen molar-refractivity contribution in [1.82, 2.24) is 9.80 Å². The van der Waals surface area contributed by atoms with Crippen LogP contribution in [0.3, 0.4) is 0 Å². The topological polar surface area (TPSA) is 70.1 Å². The Hall–Kier alpha value is -1.56. The minimum Gasteiger partial charge on any atom is -0.481 e. The SMILES string of the molecule is C=CCN(CCOC)C(=O)N1CC(C(C)C(=O)O)C1. The third-order valence-electron chi connectivity index (χ3n) is 3.46. The van der Waals surface area contributed by atoms with Crippen molar-refractivity contribution in [1.29, 1.82) is 0 Å². The van der Waals surface area contributed by atoms with Crippen LogP contribution < -0.4 is 0 Å². The normalized spacial score (nSPS) is 16.6. The summed E-state index contributed by atoms with van der Waals surface area (Å²) >= 11 is 0. The van der Waals surface area contributed by atoms with E-state index in [1.165, 1.54) is 0 Å². The Labute approximate surface area is 113 Å². The van der Waals surface area contributed by atoms with Crippen LogP contribution in [0.5, 0.6) is 0 Å². The number of nitrogens with zero attached hydrogens (tertiary/aromatic N) is 2. The van der Waals surface area contributed by atoms with Gasteiger partial charge >= 0.3 is 12.0 Å². The molecule has 0 aromatic carbocycles. The number of rotatable bonds is 7. The van der Waals surface area contributed by atoms with Crippen LogP contribution in [-0.2, 0) is 9.53 Å². The van der Waals surface area contributed by atoms with Crippen molar-refractivity contribution >= 4 is 12.0 Å². The summed E-state index contributed by atoms with van der Waals surface area (Å²) in [6.45, 7) is 7.78. The van der Waals surface area contributed by atoms with Gasteiger partial charge in [0.2, 0.25) is 0 Å². The van der Waals surface area contributed by atoms with Crippen LogP contribution in [0.2, 0.25) is 0 Å². The second-order valence-electron chi connectivity index (χ2n) is 4.80. The van der Waals surface area contributed by atoms with Crippen molar-refractivity contribution in [3.8, 4) is 0 Å². The molecule has 1 saturated heterocycles. The molecule has 1 aliphatic rings. The fourth-order valence-corrected chi connectivity index (χ4v) is 2.01. The number of hydrogen-bond donors (Lipinski definition) is 1. The molecule has 6 nitrogen and oxygen atoms in total. The van der Waals surface area contributed by atoms with Crippen LogP contribution in [0.15, 0.2) is 12.7 Å². The Balaban J connectivity index is 2.45. The predicted molar refractivity (Wildman–Crippen MR) is 70.9 cm³/mol. The van der Waals surface area contributed by atoms with E-state index in [4.69, 9.17) is 9.84 Å². The molecule has 0 radical (unpaired) electrons. The first kappa shape index (κ1) is 15.5. The maximum absolute atomic E-state index is 12.2. The van der Waals surface area contributed by atoms with Gasteiger partial charge in [-0.25, -0.2) is 4.79 Å². The van der Waals surface area contributed by atoms with Gasteiger partial charge in [0.05, 0.1) is 12.5 Å². The van der Waals surface area contributed by atoms with E-state index in [1.54, 1.807) is 29.9 Å². The lowest BCUT2D eigenvalue weighted by molar-refractivity contribution is -0.144. The molecule has 1 heterocycles. The maximum Gasteiger partial charge on any atom is 0.320 e. The number of carboxylic acid groups (broad SMARTS) is 1. The Bertz CT molecular complexity index is 340. The summed E-state index contributed by atoms with van der Waals surface area (Å²) < 4.78 is 4.97. The van der Waals surface area contributed by atoms with Crippen LogP contribution >= 0.6 is 0 Å². The van der Waals surface area contributed by atoms with Crippen molar-refractivity contribution in [2.75, 3.05) is 39.9 Å². The van der Waals surface area contributed by atoms with E-state index in [9.17, 15) is 9.59 Å². The van der Waals surface area contributed by atoms with Crippen molar-refractivity contribution in [3.63, 3.8) is 0 Å². The highest BCUT2D eigenvalue weighted by Crippen LogP contribution is 2.25. The number of carbonyl (C=O) groups is 2. The number of methoxy groups -OCH3 is 1. The Kier molecular flexibility index (Phi) is 5.82. The monoisotopic (exact) mass is 270 g/mol. The number of ether oxygens (including phenoxy) is 1. The first-order valence-electron chi connectivity index (χ1n) is 6.37. The fraction of sp³-hybridized carbons (Fsp3) is 0.692. The summed E-state index contributed by atoms with van der Waals surface area (Å²) in [6, 6.07) is -0.0780. The Morgan fingerprint density at radius 3 is 2.68 bits per heavy atom. The zero-order valence-corrected chi connectivity index (χ0v) is 11.5. The number of carboxylic acids is 1. The summed E-state index contributed by atoms with van der Waals surface area (Å²) in [4.78, 5) is 26.3. The van der Waals surface area contributed by atoms with E-state index in [1.807, 2.05) is 0 Å². The minimum absolute atomic E-state index is 0.0504. The van der Waals surface area contributed by atoms with E-state index in [2.05, 4.69) is 6.58 Å². The van der Waals surface area contributed by atoms with Crippen molar-refractivity contribution < 1.29 is 19.4 Å². The smallest absolute Gasteiger partial charge is 0.320 e. The third-order valence-corrected chi connectivity index (χ3v) is 3.46. The van der Waals surface area contributed by atoms with Crippen molar-refractivity contribution in [2.24, 2.45) is 11.8 Å². The summed E-state index contributed by atoms with van der Waals surface area (Å²) in [5.74, 6) is -1.16. The van der Waals surface area contributed by atoms with Crippen LogP contribution in [0, 0.1) is 11.8 Å². The van der Waals surface area contributed by atoms with E-state index in [-0.39, 0.29) is 11.9 Å². The molecule has 1 N–H and O–H groups in total. The average Bonchev–Trinajstić information content (AvgIpc) is 2.32. The maximum atomic E-state index is 12.2. The molecule has 19 heavy (non-hydrogen) atoms. The molecule has 0 aromatic rings. The molecule has 0 spiro atoms. The second kappa shape index (κ2) is 7.13. The molecule has 0 saturated carbocycles. The lowest BCUT2D eigenvalue weighted by Crippen LogP contribution is -2.57. The van der Waals surface area contributed by atoms with Crippen LogP contribution in [0.25, 0.3) is 0 Å². The van der Waals surface area contributed by atoms with E-state index >= 15 is 0 Å². The first-order valence-corrected chi connectivity index (χ1v) is 6.37. The number of hydrogen-bond acceptors (Lipinski definition) is 3. The molecule has 108 valence electrons. The quantitative estimate of drug-likeness (QED) is 0.698. The van der Waals surface area contributed by atoms with Gasteiger partial charge in [-0.05, 0) is 0 Å². The summed E-state index contributed by atoms with van der Waals surface area (Å²) in [5, 5.41) is 8.91. The first-order chi connectivity index (χ1) is 9.01. The van der Waals surface area contributed by atoms with Gasteiger partial charge in [0.15, 0.2) is 0 Å². The fourth-order valence-electron chi connectivity index (χ4n) is 2.01. The van der Waals surface area contributed by atoms with E-state index in [0.29, 0.717) is 32.8 Å². The number of likely N-dealkylation sites (tertiary alicyclic amines) is 1. The lowest BCUT2D eigenvalue weighted by atomic mass is 9.87. The molecule has 1 fully saturated rings. The molecular weight excluding hydrogens is 248 g/mol. The number of amides is 2. The number of carbonyl (C=O) groups excluding carboxylic acids is 1. The van der Waals surface area contributed by atoms with Crippen LogP contribution in [0.4, 0.5) is 4.79 Å². The lowest BCUT2D eigenvalue weighted by Gasteiger charge is -2.43. The molecule has 0 aliphatic carbocycles. The predicted octanol–water partition coefficient (Wildman–Crippen LogP) is 0.893.